The van der Waals surface area contributed by atoms with Crippen molar-refractivity contribution < 1.29 is 23.1 Å². The molecule has 0 bridgehead atoms. The van der Waals surface area contributed by atoms with E-state index < -0.39 is 19.6 Å². The highest BCUT2D eigenvalue weighted by molar-refractivity contribution is 7.09. The van der Waals surface area contributed by atoms with Crippen LogP contribution in [-0.2, 0) is 20.9 Å². The fourth-order valence-corrected chi connectivity index (χ4v) is 4.34. The van der Waals surface area contributed by atoms with Gasteiger partial charge in [0.05, 0.1) is 18.2 Å². The van der Waals surface area contributed by atoms with Gasteiger partial charge in [-0.1, -0.05) is 0 Å². The summed E-state index contributed by atoms with van der Waals surface area (Å²) in [5.41, 5.74) is 2.66. The van der Waals surface area contributed by atoms with Crippen molar-refractivity contribution >= 4 is 23.2 Å². The average molecular weight is 453 g/mol. The first-order valence-electron chi connectivity index (χ1n) is 10.2. The number of nitrogens with zero attached hydrogens (tertiary/aromatic N) is 3. The monoisotopic (exact) mass is 452 g/mol. The third-order valence-corrected chi connectivity index (χ3v) is 6.14. The largest absolute Gasteiger partial charge is 0.366 e. The van der Waals surface area contributed by atoms with E-state index in [-0.39, 0.29) is 23.8 Å². The Morgan fingerprint density at radius 1 is 1.39 bits per heavy atom. The maximum absolute atomic E-state index is 12.8. The molecule has 3 rings (SSSR count). The molecule has 0 radical (unpaired) electrons. The lowest BCUT2D eigenvalue weighted by Crippen LogP contribution is -2.52. The van der Waals surface area contributed by atoms with E-state index in [0.29, 0.717) is 25.9 Å². The van der Waals surface area contributed by atoms with Gasteiger partial charge in [0, 0.05) is 35.4 Å². The Kier molecular flexibility index (Phi) is 8.03. The standard InChI is InChI=1S/C21H26F2N4O3S/c1-13-5-6-15(8-24-13)17-12-31-19(26-17)9-25-21(29)16-4-3-7-27(14(16)2)20(28)11-30-10-18(22)23/h5-6,8,12,14,16,18H,3-4,7,9-11H2,1-2H3,(H,25,29)/t14-,16-/m0/s1. The van der Waals surface area contributed by atoms with E-state index in [2.05, 4.69) is 15.3 Å². The highest BCUT2D eigenvalue weighted by Gasteiger charge is 2.35. The molecular weight excluding hydrogens is 426 g/mol. The van der Waals surface area contributed by atoms with Crippen LogP contribution in [0.1, 0.15) is 30.5 Å². The summed E-state index contributed by atoms with van der Waals surface area (Å²) in [6.45, 7) is 3.34. The number of rotatable bonds is 8. The van der Waals surface area contributed by atoms with Gasteiger partial charge in [-0.2, -0.15) is 0 Å². The topological polar surface area (TPSA) is 84.4 Å². The van der Waals surface area contributed by atoms with Crippen molar-refractivity contribution in [1.29, 1.82) is 0 Å². The SMILES string of the molecule is Cc1ccc(-c2csc(CNC(=O)[C@H]3CCCN(C(=O)COCC(F)F)[C@H]3C)n2)cn1. The smallest absolute Gasteiger partial charge is 0.261 e. The van der Waals surface area contributed by atoms with Crippen molar-refractivity contribution in [2.75, 3.05) is 19.8 Å². The van der Waals surface area contributed by atoms with Crippen molar-refractivity contribution in [3.63, 3.8) is 0 Å². The number of aryl methyl sites for hydroxylation is 1. The molecule has 168 valence electrons. The van der Waals surface area contributed by atoms with Crippen molar-refractivity contribution in [3.8, 4) is 11.3 Å². The molecule has 0 aliphatic carbocycles. The predicted molar refractivity (Wildman–Crippen MR) is 113 cm³/mol. The van der Waals surface area contributed by atoms with Crippen LogP contribution in [0.25, 0.3) is 11.3 Å². The van der Waals surface area contributed by atoms with Crippen LogP contribution in [0.3, 0.4) is 0 Å². The van der Waals surface area contributed by atoms with Gasteiger partial charge in [-0.15, -0.1) is 11.3 Å². The maximum atomic E-state index is 12.8. The summed E-state index contributed by atoms with van der Waals surface area (Å²) < 4.78 is 29.2. The second kappa shape index (κ2) is 10.7. The summed E-state index contributed by atoms with van der Waals surface area (Å²) in [6.07, 6.45) is 0.490. The molecule has 1 aliphatic rings. The third kappa shape index (κ3) is 6.27. The lowest BCUT2D eigenvalue weighted by Gasteiger charge is -2.38. The minimum Gasteiger partial charge on any atom is -0.366 e. The van der Waals surface area contributed by atoms with E-state index >= 15 is 0 Å². The zero-order valence-corrected chi connectivity index (χ0v) is 18.3. The highest BCUT2D eigenvalue weighted by Crippen LogP contribution is 2.25. The number of alkyl halides is 2. The summed E-state index contributed by atoms with van der Waals surface area (Å²) in [7, 11) is 0. The molecule has 1 aliphatic heterocycles. The molecule has 2 atom stereocenters. The van der Waals surface area contributed by atoms with Gasteiger partial charge in [0.15, 0.2) is 0 Å². The second-order valence-electron chi connectivity index (χ2n) is 7.52. The Hall–Kier alpha value is -2.46. The van der Waals surface area contributed by atoms with Gasteiger partial charge in [-0.25, -0.2) is 13.8 Å². The van der Waals surface area contributed by atoms with Crippen LogP contribution >= 0.6 is 11.3 Å². The first-order valence-corrected chi connectivity index (χ1v) is 11.0. The van der Waals surface area contributed by atoms with E-state index in [1.165, 1.54) is 11.3 Å². The molecule has 0 spiro atoms. The van der Waals surface area contributed by atoms with Crippen molar-refractivity contribution in [3.05, 3.63) is 34.4 Å². The first kappa shape index (κ1) is 23.2. The number of ether oxygens (including phenoxy) is 1. The van der Waals surface area contributed by atoms with Gasteiger partial charge in [-0.3, -0.25) is 14.6 Å². The van der Waals surface area contributed by atoms with Gasteiger partial charge >= 0.3 is 0 Å². The number of carbonyl (C=O) groups excluding carboxylic acids is 2. The molecule has 1 saturated heterocycles. The van der Waals surface area contributed by atoms with Crippen molar-refractivity contribution in [2.45, 2.75) is 45.7 Å². The van der Waals surface area contributed by atoms with E-state index in [0.717, 1.165) is 22.0 Å². The third-order valence-electron chi connectivity index (χ3n) is 5.29. The lowest BCUT2D eigenvalue weighted by atomic mass is 9.89. The molecule has 2 aromatic rings. The maximum Gasteiger partial charge on any atom is 0.261 e. The highest BCUT2D eigenvalue weighted by atomic mass is 32.1. The number of carbonyl (C=O) groups is 2. The minimum atomic E-state index is -2.61. The van der Waals surface area contributed by atoms with Gasteiger partial charge in [-0.05, 0) is 38.8 Å². The Balaban J connectivity index is 1.53. The van der Waals surface area contributed by atoms with E-state index in [4.69, 9.17) is 4.74 Å². The molecule has 1 fully saturated rings. The molecule has 31 heavy (non-hydrogen) atoms. The summed E-state index contributed by atoms with van der Waals surface area (Å²) in [5, 5.41) is 5.62. The molecule has 2 aromatic heterocycles. The van der Waals surface area contributed by atoms with Gasteiger partial charge in [0.1, 0.15) is 18.2 Å². The molecule has 3 heterocycles. The predicted octanol–water partition coefficient (Wildman–Crippen LogP) is 3.04. The van der Waals surface area contributed by atoms with Gasteiger partial charge in [0.2, 0.25) is 11.8 Å². The Labute approximate surface area is 183 Å². The molecule has 10 heteroatoms. The summed E-state index contributed by atoms with van der Waals surface area (Å²) in [4.78, 5) is 35.4. The number of thiazole rings is 1. The molecule has 2 amide bonds. The Bertz CT molecular complexity index is 891. The first-order chi connectivity index (χ1) is 14.8. The zero-order valence-electron chi connectivity index (χ0n) is 17.5. The van der Waals surface area contributed by atoms with Gasteiger partial charge < -0.3 is 15.0 Å². The van der Waals surface area contributed by atoms with E-state index in [1.807, 2.05) is 24.4 Å². The average Bonchev–Trinajstić information content (AvgIpc) is 3.21. The van der Waals surface area contributed by atoms with Crippen LogP contribution in [0.2, 0.25) is 0 Å². The van der Waals surface area contributed by atoms with E-state index in [1.54, 1.807) is 18.0 Å². The van der Waals surface area contributed by atoms with Crippen LogP contribution in [0.4, 0.5) is 8.78 Å². The number of piperidine rings is 1. The van der Waals surface area contributed by atoms with Crippen molar-refractivity contribution in [1.82, 2.24) is 20.2 Å². The molecule has 0 saturated carbocycles. The zero-order chi connectivity index (χ0) is 22.4. The molecule has 0 aromatic carbocycles. The molecule has 1 N–H and O–H groups in total. The summed E-state index contributed by atoms with van der Waals surface area (Å²) in [5.74, 6) is -0.886. The fraction of sp³-hybridized carbons (Fsp3) is 0.524. The number of halogens is 2. The normalized spacial score (nSPS) is 18.9. The Morgan fingerprint density at radius 2 is 2.19 bits per heavy atom. The number of hydrogen-bond donors (Lipinski definition) is 1. The number of pyridine rings is 1. The quantitative estimate of drug-likeness (QED) is 0.666. The lowest BCUT2D eigenvalue weighted by molar-refractivity contribution is -0.144. The molecular formula is C21H26F2N4O3S. The Morgan fingerprint density at radius 3 is 2.90 bits per heavy atom. The van der Waals surface area contributed by atoms with Crippen LogP contribution in [-0.4, -0.2) is 58.9 Å². The van der Waals surface area contributed by atoms with E-state index in [9.17, 15) is 18.4 Å². The number of hydrogen-bond acceptors (Lipinski definition) is 6. The molecule has 0 unspecified atom stereocenters. The number of likely N-dealkylation sites (tertiary alicyclic amines) is 1. The van der Waals surface area contributed by atoms with Crippen LogP contribution < -0.4 is 5.32 Å². The number of nitrogens with one attached hydrogen (secondary N) is 1. The van der Waals surface area contributed by atoms with Gasteiger partial charge in [0.25, 0.3) is 6.43 Å². The van der Waals surface area contributed by atoms with Crippen LogP contribution in [0.15, 0.2) is 23.7 Å². The fourth-order valence-electron chi connectivity index (χ4n) is 3.60. The summed E-state index contributed by atoms with van der Waals surface area (Å²) >= 11 is 1.46. The minimum absolute atomic E-state index is 0.146. The molecule has 7 nitrogen and oxygen atoms in total. The number of aromatic nitrogens is 2. The number of amides is 2. The van der Waals surface area contributed by atoms with Crippen LogP contribution in [0.5, 0.6) is 0 Å². The van der Waals surface area contributed by atoms with Crippen LogP contribution in [0, 0.1) is 12.8 Å². The summed E-state index contributed by atoms with van der Waals surface area (Å²) in [6, 6.07) is 3.55. The second-order valence-corrected chi connectivity index (χ2v) is 8.46. The van der Waals surface area contributed by atoms with Crippen molar-refractivity contribution in [2.24, 2.45) is 5.92 Å².